The predicted molar refractivity (Wildman–Crippen MR) is 70.6 cm³/mol. The first-order valence-corrected chi connectivity index (χ1v) is 6.12. The first-order valence-electron chi connectivity index (χ1n) is 6.12. The molecular weight excluding hydrogens is 192 g/mol. The van der Waals surface area contributed by atoms with Gasteiger partial charge in [0.05, 0.1) is 0 Å². The summed E-state index contributed by atoms with van der Waals surface area (Å²) in [7, 11) is 0. The molecule has 0 bridgehead atoms. The Morgan fingerprint density at radius 3 is 1.88 bits per heavy atom. The van der Waals surface area contributed by atoms with Crippen LogP contribution in [0.5, 0.6) is 0 Å². The Morgan fingerprint density at radius 2 is 1.44 bits per heavy atom. The van der Waals surface area contributed by atoms with Crippen LogP contribution in [0.15, 0.2) is 41.5 Å². The Hall–Kier alpha value is -1.04. The summed E-state index contributed by atoms with van der Waals surface area (Å²) in [5.41, 5.74) is 5.16. The van der Waals surface area contributed by atoms with Gasteiger partial charge in [-0.2, -0.15) is 0 Å². The molecule has 0 amide bonds. The van der Waals surface area contributed by atoms with Crippen molar-refractivity contribution in [3.8, 4) is 0 Å². The molecule has 1 atom stereocenters. The number of allylic oxidation sites excluding steroid dienone is 2. The summed E-state index contributed by atoms with van der Waals surface area (Å²) in [6.07, 6.45) is 1.22. The van der Waals surface area contributed by atoms with Gasteiger partial charge in [0, 0.05) is 5.41 Å². The van der Waals surface area contributed by atoms with Gasteiger partial charge in [-0.3, -0.25) is 0 Å². The van der Waals surface area contributed by atoms with E-state index < -0.39 is 0 Å². The molecule has 0 fully saturated rings. The van der Waals surface area contributed by atoms with Crippen LogP contribution in [-0.2, 0) is 5.41 Å². The lowest BCUT2D eigenvalue weighted by atomic mass is 9.74. The van der Waals surface area contributed by atoms with Crippen molar-refractivity contribution in [1.29, 1.82) is 0 Å². The fourth-order valence-corrected chi connectivity index (χ4v) is 3.20. The summed E-state index contributed by atoms with van der Waals surface area (Å²) in [6, 6.07) is 10.9. The molecule has 0 saturated carbocycles. The van der Waals surface area contributed by atoms with E-state index in [0.29, 0.717) is 5.41 Å². The first-order chi connectivity index (χ1) is 7.38. The number of hydrogen-bond donors (Lipinski definition) is 0. The minimum Gasteiger partial charge on any atom is -0.0678 e. The van der Waals surface area contributed by atoms with Gasteiger partial charge in [0.25, 0.3) is 0 Å². The maximum absolute atomic E-state index is 2.38. The van der Waals surface area contributed by atoms with Gasteiger partial charge in [-0.05, 0) is 31.2 Å². The summed E-state index contributed by atoms with van der Waals surface area (Å²) in [4.78, 5) is 0. The van der Waals surface area contributed by atoms with Crippen LogP contribution in [0.25, 0.3) is 0 Å². The van der Waals surface area contributed by atoms with Gasteiger partial charge in [-0.25, -0.2) is 0 Å². The van der Waals surface area contributed by atoms with Gasteiger partial charge < -0.3 is 0 Å². The second-order valence-corrected chi connectivity index (χ2v) is 6.01. The normalized spacial score (nSPS) is 28.6. The molecule has 1 aromatic carbocycles. The average molecular weight is 214 g/mol. The van der Waals surface area contributed by atoms with Crippen molar-refractivity contribution in [3.63, 3.8) is 0 Å². The lowest BCUT2D eigenvalue weighted by Gasteiger charge is -2.30. The lowest BCUT2D eigenvalue weighted by Crippen LogP contribution is -2.23. The number of benzene rings is 1. The second-order valence-electron chi connectivity index (χ2n) is 6.01. The van der Waals surface area contributed by atoms with E-state index in [0.717, 1.165) is 0 Å². The monoisotopic (exact) mass is 214 g/mol. The van der Waals surface area contributed by atoms with Crippen LogP contribution in [0.4, 0.5) is 0 Å². The standard InChI is InChI=1S/C16H22/c1-12-13(2)16(5,11-15(12,3)4)14-9-7-6-8-10-14/h6-10H,11H2,1-5H3. The van der Waals surface area contributed by atoms with Gasteiger partial charge >= 0.3 is 0 Å². The van der Waals surface area contributed by atoms with Crippen molar-refractivity contribution in [2.45, 2.75) is 46.5 Å². The predicted octanol–water partition coefficient (Wildman–Crippen LogP) is 4.71. The highest BCUT2D eigenvalue weighted by atomic mass is 14.5. The Kier molecular flexibility index (Phi) is 2.49. The molecule has 0 heterocycles. The smallest absolute Gasteiger partial charge is 0.0141 e. The van der Waals surface area contributed by atoms with Crippen LogP contribution >= 0.6 is 0 Å². The first kappa shape index (κ1) is 11.4. The highest BCUT2D eigenvalue weighted by Gasteiger charge is 2.43. The molecule has 0 heteroatoms. The van der Waals surface area contributed by atoms with Gasteiger partial charge in [-0.1, -0.05) is 62.2 Å². The highest BCUT2D eigenvalue weighted by molar-refractivity contribution is 5.43. The lowest BCUT2D eigenvalue weighted by molar-refractivity contribution is 0.367. The third-order valence-electron chi connectivity index (χ3n) is 4.61. The molecule has 0 nitrogen and oxygen atoms in total. The molecular formula is C16H22. The highest BCUT2D eigenvalue weighted by Crippen LogP contribution is 2.53. The molecule has 1 unspecified atom stereocenters. The maximum Gasteiger partial charge on any atom is 0.0141 e. The average Bonchev–Trinajstić information content (AvgIpc) is 2.42. The number of hydrogen-bond acceptors (Lipinski definition) is 0. The Labute approximate surface area is 99.4 Å². The minimum absolute atomic E-state index is 0.231. The summed E-state index contributed by atoms with van der Waals surface area (Å²) in [5.74, 6) is 0. The van der Waals surface area contributed by atoms with E-state index in [1.807, 2.05) is 0 Å². The minimum atomic E-state index is 0.231. The molecule has 1 aromatic rings. The van der Waals surface area contributed by atoms with Crippen molar-refractivity contribution in [2.24, 2.45) is 5.41 Å². The van der Waals surface area contributed by atoms with Crippen LogP contribution in [0, 0.1) is 5.41 Å². The van der Waals surface area contributed by atoms with Crippen LogP contribution in [-0.4, -0.2) is 0 Å². The van der Waals surface area contributed by atoms with E-state index >= 15 is 0 Å². The molecule has 0 spiro atoms. The van der Waals surface area contributed by atoms with Crippen molar-refractivity contribution < 1.29 is 0 Å². The van der Waals surface area contributed by atoms with Crippen LogP contribution < -0.4 is 0 Å². The zero-order valence-electron chi connectivity index (χ0n) is 11.1. The van der Waals surface area contributed by atoms with Gasteiger partial charge in [0.15, 0.2) is 0 Å². The van der Waals surface area contributed by atoms with E-state index in [-0.39, 0.29) is 5.41 Å². The van der Waals surface area contributed by atoms with Crippen molar-refractivity contribution >= 4 is 0 Å². The molecule has 1 aliphatic carbocycles. The Morgan fingerprint density at radius 1 is 0.875 bits per heavy atom. The molecule has 0 aliphatic heterocycles. The molecule has 0 aromatic heterocycles. The van der Waals surface area contributed by atoms with Crippen LogP contribution in [0.3, 0.4) is 0 Å². The molecule has 86 valence electrons. The Bertz CT molecular complexity index is 423. The zero-order chi connectivity index (χ0) is 12.0. The van der Waals surface area contributed by atoms with E-state index in [9.17, 15) is 0 Å². The second kappa shape index (κ2) is 3.48. The summed E-state index contributed by atoms with van der Waals surface area (Å²) < 4.78 is 0. The quantitative estimate of drug-likeness (QED) is 0.594. The number of rotatable bonds is 1. The van der Waals surface area contributed by atoms with Gasteiger partial charge in [0.1, 0.15) is 0 Å². The van der Waals surface area contributed by atoms with Crippen molar-refractivity contribution in [1.82, 2.24) is 0 Å². The van der Waals surface area contributed by atoms with Crippen LogP contribution in [0.2, 0.25) is 0 Å². The van der Waals surface area contributed by atoms with Gasteiger partial charge in [-0.15, -0.1) is 0 Å². The molecule has 2 rings (SSSR count). The molecule has 16 heavy (non-hydrogen) atoms. The topological polar surface area (TPSA) is 0 Å². The summed E-state index contributed by atoms with van der Waals surface area (Å²) in [6.45, 7) is 11.7. The largest absolute Gasteiger partial charge is 0.0678 e. The third kappa shape index (κ3) is 1.52. The van der Waals surface area contributed by atoms with E-state index in [1.165, 1.54) is 12.0 Å². The van der Waals surface area contributed by atoms with Gasteiger partial charge in [0.2, 0.25) is 0 Å². The van der Waals surface area contributed by atoms with Crippen molar-refractivity contribution in [3.05, 3.63) is 47.0 Å². The fraction of sp³-hybridized carbons (Fsp3) is 0.500. The molecule has 0 N–H and O–H groups in total. The summed E-state index contributed by atoms with van der Waals surface area (Å²) >= 11 is 0. The molecule has 0 saturated heterocycles. The van der Waals surface area contributed by atoms with E-state index in [1.54, 1.807) is 11.1 Å². The Balaban J connectivity index is 2.51. The van der Waals surface area contributed by atoms with E-state index in [4.69, 9.17) is 0 Å². The molecule has 1 aliphatic rings. The zero-order valence-corrected chi connectivity index (χ0v) is 11.1. The van der Waals surface area contributed by atoms with Crippen LogP contribution in [0.1, 0.15) is 46.6 Å². The SMILES string of the molecule is CC1=C(C)C(C)(c2ccccc2)CC1(C)C. The molecule has 0 radical (unpaired) electrons. The summed E-state index contributed by atoms with van der Waals surface area (Å²) in [5, 5.41) is 0. The third-order valence-corrected chi connectivity index (χ3v) is 4.61. The fourth-order valence-electron chi connectivity index (χ4n) is 3.20. The maximum atomic E-state index is 2.38. The van der Waals surface area contributed by atoms with E-state index in [2.05, 4.69) is 65.0 Å². The van der Waals surface area contributed by atoms with Crippen molar-refractivity contribution in [2.75, 3.05) is 0 Å².